The normalized spacial score (nSPS) is 26.7. The number of anilines is 1. The van der Waals surface area contributed by atoms with Crippen LogP contribution in [0.25, 0.3) is 0 Å². The monoisotopic (exact) mass is 263 g/mol. The predicted molar refractivity (Wildman–Crippen MR) is 78.4 cm³/mol. The second-order valence-electron chi connectivity index (χ2n) is 6.72. The summed E-state index contributed by atoms with van der Waals surface area (Å²) in [5, 5.41) is 4.41. The van der Waals surface area contributed by atoms with Gasteiger partial charge in [-0.1, -0.05) is 25.4 Å². The molecule has 1 fully saturated rings. The topological polar surface area (TPSA) is 12.0 Å². The zero-order chi connectivity index (χ0) is 12.8. The van der Waals surface area contributed by atoms with E-state index in [1.807, 2.05) is 6.07 Å². The molecule has 1 aliphatic heterocycles. The zero-order valence-electron chi connectivity index (χ0n) is 11.3. The van der Waals surface area contributed by atoms with E-state index in [2.05, 4.69) is 31.3 Å². The van der Waals surface area contributed by atoms with E-state index < -0.39 is 0 Å². The van der Waals surface area contributed by atoms with Crippen LogP contribution in [-0.4, -0.2) is 6.54 Å². The average molecular weight is 264 g/mol. The van der Waals surface area contributed by atoms with Crippen molar-refractivity contribution in [2.45, 2.75) is 45.4 Å². The molecule has 18 heavy (non-hydrogen) atoms. The van der Waals surface area contributed by atoms with E-state index in [1.165, 1.54) is 36.9 Å². The number of halogens is 1. The molecule has 98 valence electrons. The summed E-state index contributed by atoms with van der Waals surface area (Å²) in [6.07, 6.45) is 5.46. The van der Waals surface area contributed by atoms with Gasteiger partial charge >= 0.3 is 0 Å². The van der Waals surface area contributed by atoms with Crippen LogP contribution in [0.15, 0.2) is 18.2 Å². The largest absolute Gasteiger partial charge is 0.384 e. The Bertz CT molecular complexity index is 442. The molecule has 2 aliphatic rings. The quantitative estimate of drug-likeness (QED) is 0.746. The van der Waals surface area contributed by atoms with Crippen LogP contribution in [0.5, 0.6) is 0 Å². The Morgan fingerprint density at radius 1 is 1.22 bits per heavy atom. The molecule has 0 spiro atoms. The molecule has 0 radical (unpaired) electrons. The van der Waals surface area contributed by atoms with Crippen LogP contribution in [-0.2, 0) is 0 Å². The molecule has 0 bridgehead atoms. The summed E-state index contributed by atoms with van der Waals surface area (Å²) in [5.74, 6) is 1.51. The minimum absolute atomic E-state index is 0.555. The Labute approximate surface area is 115 Å². The maximum Gasteiger partial charge on any atom is 0.0410 e. The minimum atomic E-state index is 0.555. The summed E-state index contributed by atoms with van der Waals surface area (Å²) in [5.41, 5.74) is 3.31. The number of hydrogen-bond donors (Lipinski definition) is 1. The Morgan fingerprint density at radius 3 is 2.67 bits per heavy atom. The van der Waals surface area contributed by atoms with E-state index >= 15 is 0 Å². The lowest BCUT2D eigenvalue weighted by Crippen LogP contribution is -2.25. The molecule has 3 rings (SSSR count). The molecule has 1 N–H and O–H groups in total. The first-order valence-corrected chi connectivity index (χ1v) is 7.46. The van der Waals surface area contributed by atoms with Crippen molar-refractivity contribution >= 4 is 17.3 Å². The van der Waals surface area contributed by atoms with Gasteiger partial charge in [0, 0.05) is 23.2 Å². The first kappa shape index (κ1) is 12.3. The molecule has 0 amide bonds. The van der Waals surface area contributed by atoms with Crippen molar-refractivity contribution in [3.8, 4) is 0 Å². The number of rotatable bonds is 1. The van der Waals surface area contributed by atoms with Gasteiger partial charge in [0.1, 0.15) is 0 Å². The molecule has 1 heterocycles. The fourth-order valence-electron chi connectivity index (χ4n) is 3.58. The molecule has 1 unspecified atom stereocenters. The number of nitrogens with one attached hydrogen (secondary N) is 1. The Morgan fingerprint density at radius 2 is 1.94 bits per heavy atom. The van der Waals surface area contributed by atoms with Crippen LogP contribution >= 0.6 is 11.6 Å². The summed E-state index contributed by atoms with van der Waals surface area (Å²) in [6.45, 7) is 5.91. The van der Waals surface area contributed by atoms with Gasteiger partial charge < -0.3 is 5.32 Å². The molecule has 0 aromatic heterocycles. The highest BCUT2D eigenvalue weighted by molar-refractivity contribution is 6.30. The molecule has 0 saturated heterocycles. The van der Waals surface area contributed by atoms with E-state index in [0.29, 0.717) is 11.3 Å². The Kier molecular flexibility index (Phi) is 3.05. The maximum absolute atomic E-state index is 6.15. The molecular formula is C16H22ClN. The lowest BCUT2D eigenvalue weighted by molar-refractivity contribution is 0.176. The molecule has 1 nitrogen and oxygen atoms in total. The fourth-order valence-corrected chi connectivity index (χ4v) is 3.76. The SMILES string of the molecule is CC1(C)CCC(C2CNc3ccc(Cl)cc32)CC1. The molecule has 1 saturated carbocycles. The van der Waals surface area contributed by atoms with E-state index in [4.69, 9.17) is 11.6 Å². The molecule has 1 aromatic carbocycles. The Hall–Kier alpha value is -0.690. The minimum Gasteiger partial charge on any atom is -0.384 e. The van der Waals surface area contributed by atoms with Crippen molar-refractivity contribution in [3.05, 3.63) is 28.8 Å². The maximum atomic E-state index is 6.15. The average Bonchev–Trinajstić information content (AvgIpc) is 2.72. The first-order chi connectivity index (χ1) is 8.55. The number of hydrogen-bond acceptors (Lipinski definition) is 1. The van der Waals surface area contributed by atoms with Gasteiger partial charge in [0.15, 0.2) is 0 Å². The summed E-state index contributed by atoms with van der Waals surface area (Å²) in [6, 6.07) is 6.28. The highest BCUT2D eigenvalue weighted by atomic mass is 35.5. The van der Waals surface area contributed by atoms with Gasteiger partial charge in [0.2, 0.25) is 0 Å². The number of fused-ring (bicyclic) bond motifs is 1. The highest BCUT2D eigenvalue weighted by Gasteiger charge is 2.35. The lowest BCUT2D eigenvalue weighted by atomic mass is 9.68. The van der Waals surface area contributed by atoms with Gasteiger partial charge in [-0.2, -0.15) is 0 Å². The van der Waals surface area contributed by atoms with E-state index in [1.54, 1.807) is 0 Å². The Balaban J connectivity index is 1.78. The van der Waals surface area contributed by atoms with Gasteiger partial charge in [-0.3, -0.25) is 0 Å². The third kappa shape index (κ3) is 2.25. The van der Waals surface area contributed by atoms with Crippen LogP contribution in [0.2, 0.25) is 5.02 Å². The van der Waals surface area contributed by atoms with Crippen molar-refractivity contribution in [1.82, 2.24) is 0 Å². The third-order valence-corrected chi connectivity index (χ3v) is 5.11. The van der Waals surface area contributed by atoms with Crippen LogP contribution in [0.1, 0.15) is 51.0 Å². The molecule has 2 heteroatoms. The standard InChI is InChI=1S/C16H22ClN/c1-16(2)7-5-11(6-8-16)14-10-18-15-4-3-12(17)9-13(14)15/h3-4,9,11,14,18H,5-8,10H2,1-2H3. The van der Waals surface area contributed by atoms with E-state index in [-0.39, 0.29) is 0 Å². The van der Waals surface area contributed by atoms with Crippen LogP contribution in [0.4, 0.5) is 5.69 Å². The van der Waals surface area contributed by atoms with E-state index in [0.717, 1.165) is 17.5 Å². The van der Waals surface area contributed by atoms with Crippen molar-refractivity contribution in [3.63, 3.8) is 0 Å². The van der Waals surface area contributed by atoms with Crippen molar-refractivity contribution in [1.29, 1.82) is 0 Å². The molecule has 1 aromatic rings. The smallest absolute Gasteiger partial charge is 0.0410 e. The van der Waals surface area contributed by atoms with Gasteiger partial charge in [-0.05, 0) is 60.8 Å². The predicted octanol–water partition coefficient (Wildman–Crippen LogP) is 5.07. The van der Waals surface area contributed by atoms with E-state index in [9.17, 15) is 0 Å². The second-order valence-corrected chi connectivity index (χ2v) is 7.16. The van der Waals surface area contributed by atoms with Crippen molar-refractivity contribution < 1.29 is 0 Å². The fraction of sp³-hybridized carbons (Fsp3) is 0.625. The third-order valence-electron chi connectivity index (χ3n) is 4.88. The molecular weight excluding hydrogens is 242 g/mol. The molecule has 1 aliphatic carbocycles. The number of benzene rings is 1. The van der Waals surface area contributed by atoms with Crippen LogP contribution in [0.3, 0.4) is 0 Å². The van der Waals surface area contributed by atoms with Gasteiger partial charge in [-0.15, -0.1) is 0 Å². The second kappa shape index (κ2) is 4.45. The highest BCUT2D eigenvalue weighted by Crippen LogP contribution is 2.47. The van der Waals surface area contributed by atoms with Crippen LogP contribution in [0, 0.1) is 11.3 Å². The summed E-state index contributed by atoms with van der Waals surface area (Å²) >= 11 is 6.15. The van der Waals surface area contributed by atoms with Gasteiger partial charge in [-0.25, -0.2) is 0 Å². The first-order valence-electron chi connectivity index (χ1n) is 7.08. The van der Waals surface area contributed by atoms with Gasteiger partial charge in [0.05, 0.1) is 0 Å². The lowest BCUT2D eigenvalue weighted by Gasteiger charge is -2.37. The summed E-state index contributed by atoms with van der Waals surface area (Å²) < 4.78 is 0. The van der Waals surface area contributed by atoms with Gasteiger partial charge in [0.25, 0.3) is 0 Å². The summed E-state index contributed by atoms with van der Waals surface area (Å²) in [4.78, 5) is 0. The van der Waals surface area contributed by atoms with Crippen molar-refractivity contribution in [2.75, 3.05) is 11.9 Å². The zero-order valence-corrected chi connectivity index (χ0v) is 12.1. The molecule has 1 atom stereocenters. The summed E-state index contributed by atoms with van der Waals surface area (Å²) in [7, 11) is 0. The van der Waals surface area contributed by atoms with Crippen LogP contribution < -0.4 is 5.32 Å². The van der Waals surface area contributed by atoms with Crippen molar-refractivity contribution in [2.24, 2.45) is 11.3 Å².